The van der Waals surface area contributed by atoms with Gasteiger partial charge in [0, 0.05) is 18.9 Å². The van der Waals surface area contributed by atoms with E-state index in [4.69, 9.17) is 26.2 Å². The van der Waals surface area contributed by atoms with Crippen molar-refractivity contribution in [2.45, 2.75) is 51.0 Å². The van der Waals surface area contributed by atoms with Gasteiger partial charge in [-0.15, -0.1) is 0 Å². The monoisotopic (exact) mass is 333 g/mol. The summed E-state index contributed by atoms with van der Waals surface area (Å²) in [7, 11) is 0. The Labute approximate surface area is 133 Å². The van der Waals surface area contributed by atoms with Crippen LogP contribution in [0.4, 0.5) is 0 Å². The quantitative estimate of drug-likeness (QED) is 0.272. The van der Waals surface area contributed by atoms with Gasteiger partial charge in [0.05, 0.1) is 0 Å². The van der Waals surface area contributed by atoms with E-state index in [1.165, 1.54) is 6.08 Å². The predicted octanol–water partition coefficient (Wildman–Crippen LogP) is 0.925. The van der Waals surface area contributed by atoms with Gasteiger partial charge in [0.1, 0.15) is 6.04 Å². The highest BCUT2D eigenvalue weighted by Crippen LogP contribution is 2.02. The first-order valence-corrected chi connectivity index (χ1v) is 6.98. The second-order valence-electron chi connectivity index (χ2n) is 4.61. The highest BCUT2D eigenvalue weighted by atomic mass is 16.4. The maximum Gasteiger partial charge on any atom is 0.327 e. The third-order valence-corrected chi connectivity index (χ3v) is 2.50. The van der Waals surface area contributed by atoms with Crippen molar-refractivity contribution in [2.24, 2.45) is 5.73 Å². The molecule has 0 radical (unpaired) electrons. The van der Waals surface area contributed by atoms with Crippen molar-refractivity contribution in [3.05, 3.63) is 12.2 Å². The number of hydrogen-bond donors (Lipinski definition) is 5. The summed E-state index contributed by atoms with van der Waals surface area (Å²) in [5.41, 5.74) is 5.15. The summed E-state index contributed by atoms with van der Waals surface area (Å²) in [5, 5.41) is 32.9. The lowest BCUT2D eigenvalue weighted by Gasteiger charge is -2.01. The molecule has 0 spiro atoms. The Balaban J connectivity index is 0. The fourth-order valence-corrected chi connectivity index (χ4v) is 1.31. The molecule has 9 nitrogen and oxygen atoms in total. The van der Waals surface area contributed by atoms with Crippen LogP contribution in [0.25, 0.3) is 0 Å². The first kappa shape index (κ1) is 22.9. The summed E-state index contributed by atoms with van der Waals surface area (Å²) in [4.78, 5) is 40.1. The van der Waals surface area contributed by atoms with Crippen LogP contribution in [0.5, 0.6) is 0 Å². The molecular formula is C14H23NO8. The Bertz CT molecular complexity index is 403. The van der Waals surface area contributed by atoms with Gasteiger partial charge in [0.25, 0.3) is 0 Å². The Morgan fingerprint density at radius 3 is 1.70 bits per heavy atom. The van der Waals surface area contributed by atoms with Crippen LogP contribution in [0.1, 0.15) is 44.9 Å². The predicted molar refractivity (Wildman–Crippen MR) is 80.0 cm³/mol. The van der Waals surface area contributed by atoms with Crippen LogP contribution in [0.15, 0.2) is 12.2 Å². The van der Waals surface area contributed by atoms with Gasteiger partial charge in [0.2, 0.25) is 0 Å². The van der Waals surface area contributed by atoms with Crippen molar-refractivity contribution in [1.82, 2.24) is 0 Å². The van der Waals surface area contributed by atoms with E-state index in [1.807, 2.05) is 0 Å². The van der Waals surface area contributed by atoms with Crippen molar-refractivity contribution in [1.29, 1.82) is 0 Å². The fraction of sp³-hybridized carbons (Fsp3) is 0.571. The first-order valence-electron chi connectivity index (χ1n) is 6.98. The highest BCUT2D eigenvalue weighted by Gasteiger charge is 2.08. The van der Waals surface area contributed by atoms with Crippen molar-refractivity contribution in [3.63, 3.8) is 0 Å². The number of allylic oxidation sites excluding steroid dienone is 1. The first-order chi connectivity index (χ1) is 10.7. The summed E-state index contributed by atoms with van der Waals surface area (Å²) in [6.07, 6.45) is 5.06. The highest BCUT2D eigenvalue weighted by molar-refractivity contribution is 5.79. The summed E-state index contributed by atoms with van der Waals surface area (Å²) >= 11 is 0. The molecule has 0 fully saturated rings. The van der Waals surface area contributed by atoms with Gasteiger partial charge >= 0.3 is 23.9 Å². The van der Waals surface area contributed by atoms with Gasteiger partial charge < -0.3 is 26.2 Å². The van der Waals surface area contributed by atoms with E-state index in [0.29, 0.717) is 25.7 Å². The van der Waals surface area contributed by atoms with Crippen LogP contribution in [0, 0.1) is 0 Å². The van der Waals surface area contributed by atoms with Crippen LogP contribution in [-0.2, 0) is 19.2 Å². The zero-order chi connectivity index (χ0) is 18.3. The molecule has 0 aliphatic rings. The number of carboxylic acid groups (broad SMARTS) is 4. The number of carbonyl (C=O) groups is 4. The molecule has 6 N–H and O–H groups in total. The largest absolute Gasteiger partial charge is 0.481 e. The molecule has 0 saturated heterocycles. The normalized spacial score (nSPS) is 11.3. The third kappa shape index (κ3) is 22.0. The molecule has 0 aromatic heterocycles. The van der Waals surface area contributed by atoms with Gasteiger partial charge in [-0.1, -0.05) is 12.5 Å². The lowest BCUT2D eigenvalue weighted by molar-refractivity contribution is -0.139. The molecule has 0 heterocycles. The molecule has 0 aromatic carbocycles. The Morgan fingerprint density at radius 1 is 0.870 bits per heavy atom. The van der Waals surface area contributed by atoms with Gasteiger partial charge in [-0.2, -0.15) is 0 Å². The molecule has 0 aromatic rings. The van der Waals surface area contributed by atoms with Crippen LogP contribution in [0.3, 0.4) is 0 Å². The average Bonchev–Trinajstić information content (AvgIpc) is 2.42. The minimum atomic E-state index is -1.07. The Hall–Kier alpha value is -2.42. The van der Waals surface area contributed by atoms with Crippen LogP contribution < -0.4 is 5.73 Å². The number of aliphatic carboxylic acids is 4. The number of hydrogen-bond acceptors (Lipinski definition) is 5. The second-order valence-corrected chi connectivity index (χ2v) is 4.61. The number of rotatable bonds is 11. The standard InChI is InChI=1S/C7H11NO4.C7H12O4/c8-5(7(11)12)3-1-2-4-6(9)10;8-6(9)4-2-1-3-5-7(10)11/h2,4-5H,1,3,8H2,(H,9,10)(H,11,12);1-5H2,(H,8,9)(H,10,11). The van der Waals surface area contributed by atoms with E-state index in [2.05, 4.69) is 0 Å². The lowest BCUT2D eigenvalue weighted by atomic mass is 10.1. The van der Waals surface area contributed by atoms with E-state index in [0.717, 1.165) is 6.08 Å². The van der Waals surface area contributed by atoms with Crippen LogP contribution in [0.2, 0.25) is 0 Å². The third-order valence-electron chi connectivity index (χ3n) is 2.50. The van der Waals surface area contributed by atoms with E-state index in [9.17, 15) is 19.2 Å². The van der Waals surface area contributed by atoms with E-state index >= 15 is 0 Å². The SMILES string of the molecule is NC(CCC=CC(=O)O)C(=O)O.O=C(O)CCCCCC(=O)O. The zero-order valence-corrected chi connectivity index (χ0v) is 12.7. The molecule has 132 valence electrons. The van der Waals surface area contributed by atoms with Gasteiger partial charge in [-0.25, -0.2) is 4.79 Å². The molecule has 0 saturated carbocycles. The summed E-state index contributed by atoms with van der Waals surface area (Å²) in [5.74, 6) is -3.75. The van der Waals surface area contributed by atoms with Crippen LogP contribution >= 0.6 is 0 Å². The minimum absolute atomic E-state index is 0.139. The fourth-order valence-electron chi connectivity index (χ4n) is 1.31. The molecule has 23 heavy (non-hydrogen) atoms. The van der Waals surface area contributed by atoms with Crippen molar-refractivity contribution in [2.75, 3.05) is 0 Å². The van der Waals surface area contributed by atoms with Gasteiger partial charge in [0.15, 0.2) is 0 Å². The minimum Gasteiger partial charge on any atom is -0.481 e. The van der Waals surface area contributed by atoms with Crippen molar-refractivity contribution < 1.29 is 39.6 Å². The molecule has 0 bridgehead atoms. The molecule has 0 rings (SSSR count). The van der Waals surface area contributed by atoms with Crippen molar-refractivity contribution >= 4 is 23.9 Å². The molecule has 0 amide bonds. The smallest absolute Gasteiger partial charge is 0.327 e. The van der Waals surface area contributed by atoms with Crippen molar-refractivity contribution in [3.8, 4) is 0 Å². The van der Waals surface area contributed by atoms with E-state index < -0.39 is 29.9 Å². The Morgan fingerprint density at radius 2 is 1.35 bits per heavy atom. The molecule has 9 heteroatoms. The van der Waals surface area contributed by atoms with E-state index in [1.54, 1.807) is 0 Å². The molecule has 0 aliphatic carbocycles. The maximum atomic E-state index is 10.2. The lowest BCUT2D eigenvalue weighted by Crippen LogP contribution is -2.29. The Kier molecular flexibility index (Phi) is 14.4. The second kappa shape index (κ2) is 14.5. The van der Waals surface area contributed by atoms with Crippen LogP contribution in [-0.4, -0.2) is 50.3 Å². The summed E-state index contributed by atoms with van der Waals surface area (Å²) < 4.78 is 0. The van der Waals surface area contributed by atoms with E-state index in [-0.39, 0.29) is 19.3 Å². The summed E-state index contributed by atoms with van der Waals surface area (Å²) in [6.45, 7) is 0. The average molecular weight is 333 g/mol. The maximum absolute atomic E-state index is 10.2. The molecule has 1 atom stereocenters. The topological polar surface area (TPSA) is 175 Å². The molecule has 1 unspecified atom stereocenters. The summed E-state index contributed by atoms with van der Waals surface area (Å²) in [6, 6.07) is -0.913. The molecular weight excluding hydrogens is 310 g/mol. The van der Waals surface area contributed by atoms with Gasteiger partial charge in [-0.05, 0) is 25.7 Å². The molecule has 0 aliphatic heterocycles. The zero-order valence-electron chi connectivity index (χ0n) is 12.7. The number of nitrogens with two attached hydrogens (primary N) is 1. The number of carboxylic acids is 4. The number of unbranched alkanes of at least 4 members (excludes halogenated alkanes) is 2. The van der Waals surface area contributed by atoms with Gasteiger partial charge in [-0.3, -0.25) is 14.4 Å².